The molecule has 0 saturated carbocycles. The molecule has 35 heavy (non-hydrogen) atoms. The van der Waals surface area contributed by atoms with Crippen LogP contribution < -0.4 is 10.2 Å². The van der Waals surface area contributed by atoms with Crippen molar-refractivity contribution in [3.05, 3.63) is 65.2 Å². The highest BCUT2D eigenvalue weighted by molar-refractivity contribution is 7.09. The number of nitrogens with zero attached hydrogens (tertiary/aromatic N) is 6. The van der Waals surface area contributed by atoms with Gasteiger partial charge in [0, 0.05) is 75.3 Å². The highest BCUT2D eigenvalue weighted by atomic mass is 32.1. The summed E-state index contributed by atoms with van der Waals surface area (Å²) < 4.78 is 1.96. The van der Waals surface area contributed by atoms with Crippen LogP contribution in [0.15, 0.2) is 60.4 Å². The lowest BCUT2D eigenvalue weighted by Gasteiger charge is -2.34. The molecule has 182 valence electrons. The van der Waals surface area contributed by atoms with Gasteiger partial charge in [0.25, 0.3) is 0 Å². The number of benzene rings is 1. The van der Waals surface area contributed by atoms with Crippen LogP contribution in [0, 0.1) is 0 Å². The van der Waals surface area contributed by atoms with Gasteiger partial charge in [-0.25, -0.2) is 4.98 Å². The van der Waals surface area contributed by atoms with Gasteiger partial charge in [-0.3, -0.25) is 19.1 Å². The lowest BCUT2D eigenvalue weighted by atomic mass is 10.1. The second-order valence-corrected chi connectivity index (χ2v) is 9.99. The van der Waals surface area contributed by atoms with Gasteiger partial charge in [-0.05, 0) is 30.0 Å². The minimum absolute atomic E-state index is 0.112. The van der Waals surface area contributed by atoms with Gasteiger partial charge in [-0.1, -0.05) is 18.2 Å². The van der Waals surface area contributed by atoms with E-state index in [-0.39, 0.29) is 12.5 Å². The quantitative estimate of drug-likeness (QED) is 0.410. The van der Waals surface area contributed by atoms with Crippen LogP contribution in [-0.2, 0) is 11.2 Å². The van der Waals surface area contributed by atoms with E-state index in [1.165, 1.54) is 4.88 Å². The Morgan fingerprint density at radius 3 is 2.63 bits per heavy atom. The molecule has 1 N–H and O–H groups in total. The molecule has 0 unspecified atom stereocenters. The van der Waals surface area contributed by atoms with Gasteiger partial charge < -0.3 is 15.1 Å². The summed E-state index contributed by atoms with van der Waals surface area (Å²) in [6.07, 6.45) is 6.42. The molecule has 0 atom stereocenters. The molecule has 0 bridgehead atoms. The Labute approximate surface area is 209 Å². The molecule has 3 aromatic heterocycles. The van der Waals surface area contributed by atoms with Gasteiger partial charge in [0.1, 0.15) is 11.5 Å². The number of anilines is 2. The number of aromatic nitrogens is 3. The van der Waals surface area contributed by atoms with E-state index in [2.05, 4.69) is 61.9 Å². The van der Waals surface area contributed by atoms with Crippen LogP contribution in [0.5, 0.6) is 0 Å². The standard InChI is InChI=1S/C26H31N7OS/c1-30(2)21-7-5-20(6-8-21)25-26(33-12-10-27-18-23(33)29-25)28-19-24(34)32-15-13-31(14-16-32)11-9-22-4-3-17-35-22/h3-8,10,12,17-18,28H,9,11,13-16,19H2,1-2H3. The smallest absolute Gasteiger partial charge is 0.242 e. The van der Waals surface area contributed by atoms with Crippen LogP contribution in [0.4, 0.5) is 11.5 Å². The number of piperazine rings is 1. The minimum Gasteiger partial charge on any atom is -0.378 e. The molecule has 4 heterocycles. The number of imidazole rings is 1. The van der Waals surface area contributed by atoms with Gasteiger partial charge in [0.05, 0.1) is 12.7 Å². The number of nitrogens with one attached hydrogen (secondary N) is 1. The summed E-state index contributed by atoms with van der Waals surface area (Å²) in [5.41, 5.74) is 3.68. The molecule has 1 fully saturated rings. The van der Waals surface area contributed by atoms with Gasteiger partial charge >= 0.3 is 0 Å². The summed E-state index contributed by atoms with van der Waals surface area (Å²) in [6, 6.07) is 12.6. The van der Waals surface area contributed by atoms with Crippen molar-refractivity contribution >= 4 is 34.4 Å². The first-order valence-electron chi connectivity index (χ1n) is 11.9. The van der Waals surface area contributed by atoms with Gasteiger partial charge in [0.2, 0.25) is 5.91 Å². The normalized spacial score (nSPS) is 14.4. The monoisotopic (exact) mass is 489 g/mol. The zero-order valence-electron chi connectivity index (χ0n) is 20.2. The van der Waals surface area contributed by atoms with Crippen LogP contribution in [0.2, 0.25) is 0 Å². The molecule has 8 nitrogen and oxygen atoms in total. The van der Waals surface area contributed by atoms with E-state index >= 15 is 0 Å². The fourth-order valence-corrected chi connectivity index (χ4v) is 5.11. The Morgan fingerprint density at radius 1 is 1.11 bits per heavy atom. The molecule has 1 amide bonds. The molecule has 0 spiro atoms. The fraction of sp³-hybridized carbons (Fsp3) is 0.346. The van der Waals surface area contributed by atoms with Crippen molar-refractivity contribution in [3.8, 4) is 11.3 Å². The summed E-state index contributed by atoms with van der Waals surface area (Å²) in [5, 5.41) is 5.51. The lowest BCUT2D eigenvalue weighted by Crippen LogP contribution is -2.50. The molecule has 0 radical (unpaired) electrons. The molecule has 1 saturated heterocycles. The minimum atomic E-state index is 0.112. The van der Waals surface area contributed by atoms with Crippen molar-refractivity contribution in [2.45, 2.75) is 6.42 Å². The Bertz CT molecular complexity index is 1260. The molecule has 1 aromatic carbocycles. The van der Waals surface area contributed by atoms with Crippen LogP contribution in [-0.4, -0.2) is 83.4 Å². The fourth-order valence-electron chi connectivity index (χ4n) is 4.41. The number of carbonyl (C=O) groups excluding carboxylic acids is 1. The maximum Gasteiger partial charge on any atom is 0.242 e. The summed E-state index contributed by atoms with van der Waals surface area (Å²) in [6.45, 7) is 4.65. The average molecular weight is 490 g/mol. The number of hydrogen-bond acceptors (Lipinski definition) is 7. The van der Waals surface area contributed by atoms with E-state index < -0.39 is 0 Å². The molecular weight excluding hydrogens is 458 g/mol. The van der Waals surface area contributed by atoms with E-state index in [1.807, 2.05) is 40.9 Å². The SMILES string of the molecule is CN(C)c1ccc(-c2nc3cnccn3c2NCC(=O)N2CCN(CCc3cccs3)CC2)cc1. The Morgan fingerprint density at radius 2 is 1.91 bits per heavy atom. The number of rotatable bonds is 8. The average Bonchev–Trinajstić information content (AvgIpc) is 3.54. The van der Waals surface area contributed by atoms with Crippen molar-refractivity contribution in [2.24, 2.45) is 0 Å². The van der Waals surface area contributed by atoms with E-state index in [1.54, 1.807) is 12.4 Å². The second-order valence-electron chi connectivity index (χ2n) is 8.96. The van der Waals surface area contributed by atoms with Crippen molar-refractivity contribution in [1.29, 1.82) is 0 Å². The maximum atomic E-state index is 13.0. The van der Waals surface area contributed by atoms with E-state index in [0.29, 0.717) is 0 Å². The van der Waals surface area contributed by atoms with E-state index in [0.717, 1.165) is 67.6 Å². The number of hydrogen-bond donors (Lipinski definition) is 1. The number of thiophene rings is 1. The zero-order valence-corrected chi connectivity index (χ0v) is 21.0. The first-order valence-corrected chi connectivity index (χ1v) is 12.8. The highest BCUT2D eigenvalue weighted by Gasteiger charge is 2.22. The highest BCUT2D eigenvalue weighted by Crippen LogP contribution is 2.29. The number of amides is 1. The van der Waals surface area contributed by atoms with Crippen LogP contribution >= 0.6 is 11.3 Å². The summed E-state index contributed by atoms with van der Waals surface area (Å²) in [7, 11) is 4.04. The third-order valence-electron chi connectivity index (χ3n) is 6.47. The predicted octanol–water partition coefficient (Wildman–Crippen LogP) is 3.32. The number of carbonyl (C=O) groups is 1. The van der Waals surface area contributed by atoms with Crippen LogP contribution in [0.1, 0.15) is 4.88 Å². The summed E-state index contributed by atoms with van der Waals surface area (Å²) in [4.78, 5) is 29.9. The molecular formula is C26H31N7OS. The Hall–Kier alpha value is -3.43. The lowest BCUT2D eigenvalue weighted by molar-refractivity contribution is -0.131. The Kier molecular flexibility index (Phi) is 6.96. The van der Waals surface area contributed by atoms with Crippen molar-refractivity contribution in [1.82, 2.24) is 24.2 Å². The second kappa shape index (κ2) is 10.5. The van der Waals surface area contributed by atoms with E-state index in [9.17, 15) is 4.79 Å². The van der Waals surface area contributed by atoms with Gasteiger partial charge in [0.15, 0.2) is 5.65 Å². The molecule has 1 aliphatic heterocycles. The van der Waals surface area contributed by atoms with Crippen LogP contribution in [0.25, 0.3) is 16.9 Å². The molecule has 5 rings (SSSR count). The third-order valence-corrected chi connectivity index (χ3v) is 7.41. The molecule has 4 aromatic rings. The topological polar surface area (TPSA) is 69.0 Å². The van der Waals surface area contributed by atoms with Gasteiger partial charge in [-0.2, -0.15) is 0 Å². The largest absolute Gasteiger partial charge is 0.378 e. The third kappa shape index (κ3) is 5.31. The van der Waals surface area contributed by atoms with E-state index in [4.69, 9.17) is 4.98 Å². The summed E-state index contributed by atoms with van der Waals surface area (Å²) in [5.74, 6) is 0.920. The Balaban J connectivity index is 1.23. The molecule has 0 aliphatic carbocycles. The molecule has 1 aliphatic rings. The maximum absolute atomic E-state index is 13.0. The van der Waals surface area contributed by atoms with Crippen LogP contribution in [0.3, 0.4) is 0 Å². The first kappa shape index (κ1) is 23.3. The zero-order chi connectivity index (χ0) is 24.2. The summed E-state index contributed by atoms with van der Waals surface area (Å²) >= 11 is 1.81. The van der Waals surface area contributed by atoms with Crippen molar-refractivity contribution in [2.75, 3.05) is 63.6 Å². The predicted molar refractivity (Wildman–Crippen MR) is 142 cm³/mol. The first-order chi connectivity index (χ1) is 17.1. The number of fused-ring (bicyclic) bond motifs is 1. The van der Waals surface area contributed by atoms with Crippen molar-refractivity contribution < 1.29 is 4.79 Å². The van der Waals surface area contributed by atoms with Crippen molar-refractivity contribution in [3.63, 3.8) is 0 Å². The van der Waals surface area contributed by atoms with Gasteiger partial charge in [-0.15, -0.1) is 11.3 Å². The molecule has 9 heteroatoms.